The summed E-state index contributed by atoms with van der Waals surface area (Å²) >= 11 is 0. The van der Waals surface area contributed by atoms with Crippen LogP contribution in [0.2, 0.25) is 0 Å². The van der Waals surface area contributed by atoms with Crippen LogP contribution in [0.4, 0.5) is 5.69 Å². The molecule has 0 aromatic heterocycles. The fourth-order valence-electron chi connectivity index (χ4n) is 2.59. The molecular formula is C17H27N3O4. The molecule has 0 spiro atoms. The number of anilines is 1. The van der Waals surface area contributed by atoms with E-state index in [4.69, 9.17) is 19.9 Å². The third-order valence-electron chi connectivity index (χ3n) is 4.09. The monoisotopic (exact) mass is 337 g/mol. The molecule has 1 aliphatic heterocycles. The molecule has 0 aliphatic carbocycles. The van der Waals surface area contributed by atoms with Crippen molar-refractivity contribution in [1.82, 2.24) is 9.80 Å². The van der Waals surface area contributed by atoms with Gasteiger partial charge in [-0.1, -0.05) is 0 Å². The van der Waals surface area contributed by atoms with Crippen molar-refractivity contribution in [2.24, 2.45) is 0 Å². The highest BCUT2D eigenvalue weighted by atomic mass is 16.5. The summed E-state index contributed by atoms with van der Waals surface area (Å²) in [6.45, 7) is 7.66. The van der Waals surface area contributed by atoms with Gasteiger partial charge in [0.2, 0.25) is 0 Å². The Kier molecular flexibility index (Phi) is 6.69. The highest BCUT2D eigenvalue weighted by Crippen LogP contribution is 2.32. The van der Waals surface area contributed by atoms with Crippen molar-refractivity contribution in [3.05, 3.63) is 17.7 Å². The zero-order valence-electron chi connectivity index (χ0n) is 14.7. The Labute approximate surface area is 143 Å². The minimum absolute atomic E-state index is 0.292. The number of hydrogen-bond acceptors (Lipinski definition) is 7. The van der Waals surface area contributed by atoms with E-state index in [1.807, 2.05) is 0 Å². The molecule has 0 radical (unpaired) electrons. The Balaban J connectivity index is 1.97. The van der Waals surface area contributed by atoms with Crippen LogP contribution in [-0.4, -0.2) is 75.9 Å². The Hall–Kier alpha value is -1.99. The van der Waals surface area contributed by atoms with E-state index in [9.17, 15) is 4.79 Å². The van der Waals surface area contributed by atoms with E-state index in [0.29, 0.717) is 36.0 Å². The Morgan fingerprint density at radius 1 is 1.21 bits per heavy atom. The molecule has 0 saturated carbocycles. The van der Waals surface area contributed by atoms with Gasteiger partial charge in [0.1, 0.15) is 6.61 Å². The van der Waals surface area contributed by atoms with Crippen molar-refractivity contribution in [1.29, 1.82) is 0 Å². The molecule has 0 unspecified atom stereocenters. The number of carbonyl (C=O) groups is 1. The van der Waals surface area contributed by atoms with Gasteiger partial charge in [0.15, 0.2) is 11.5 Å². The second kappa shape index (κ2) is 8.75. The first kappa shape index (κ1) is 18.4. The SMILES string of the molecule is CCOC(=O)c1cc(OC)c(OCCN2CCN(C)CC2)cc1N. The lowest BCUT2D eigenvalue weighted by Crippen LogP contribution is -2.45. The molecule has 24 heavy (non-hydrogen) atoms. The number of esters is 1. The number of ether oxygens (including phenoxy) is 3. The summed E-state index contributed by atoms with van der Waals surface area (Å²) in [5.41, 5.74) is 6.57. The predicted octanol–water partition coefficient (Wildman–Crippen LogP) is 1.08. The molecule has 1 aromatic rings. The molecule has 0 bridgehead atoms. The molecular weight excluding hydrogens is 310 g/mol. The number of piperazine rings is 1. The van der Waals surface area contributed by atoms with Crippen LogP contribution >= 0.6 is 0 Å². The van der Waals surface area contributed by atoms with Gasteiger partial charge in [-0.05, 0) is 14.0 Å². The maximum absolute atomic E-state index is 11.9. The van der Waals surface area contributed by atoms with Crippen molar-refractivity contribution >= 4 is 11.7 Å². The van der Waals surface area contributed by atoms with Crippen LogP contribution < -0.4 is 15.2 Å². The van der Waals surface area contributed by atoms with E-state index in [1.165, 1.54) is 7.11 Å². The Morgan fingerprint density at radius 3 is 2.54 bits per heavy atom. The number of likely N-dealkylation sites (N-methyl/N-ethyl adjacent to an activating group) is 1. The van der Waals surface area contributed by atoms with E-state index >= 15 is 0 Å². The second-order valence-electron chi connectivity index (χ2n) is 5.80. The van der Waals surface area contributed by atoms with Crippen LogP contribution in [0.25, 0.3) is 0 Å². The summed E-state index contributed by atoms with van der Waals surface area (Å²) in [7, 11) is 3.67. The van der Waals surface area contributed by atoms with Gasteiger partial charge in [0, 0.05) is 44.9 Å². The van der Waals surface area contributed by atoms with Crippen LogP contribution in [0, 0.1) is 0 Å². The summed E-state index contributed by atoms with van der Waals surface area (Å²) in [6, 6.07) is 3.19. The van der Waals surface area contributed by atoms with Crippen molar-refractivity contribution in [3.63, 3.8) is 0 Å². The highest BCUT2D eigenvalue weighted by molar-refractivity contribution is 5.96. The maximum Gasteiger partial charge on any atom is 0.340 e. The maximum atomic E-state index is 11.9. The number of nitrogens with zero attached hydrogens (tertiary/aromatic N) is 2. The van der Waals surface area contributed by atoms with Gasteiger partial charge in [-0.2, -0.15) is 0 Å². The first-order chi connectivity index (χ1) is 11.5. The molecule has 134 valence electrons. The van der Waals surface area contributed by atoms with E-state index < -0.39 is 5.97 Å². The molecule has 0 atom stereocenters. The standard InChI is InChI=1S/C17H27N3O4/c1-4-23-17(21)13-11-15(22-3)16(12-14(13)18)24-10-9-20-7-5-19(2)6-8-20/h11-12H,4-10,18H2,1-3H3. The van der Waals surface area contributed by atoms with Crippen molar-refractivity contribution in [3.8, 4) is 11.5 Å². The topological polar surface area (TPSA) is 77.3 Å². The number of rotatable bonds is 7. The Bertz CT molecular complexity index is 557. The molecule has 7 nitrogen and oxygen atoms in total. The van der Waals surface area contributed by atoms with E-state index in [0.717, 1.165) is 32.7 Å². The number of benzene rings is 1. The molecule has 1 aromatic carbocycles. The normalized spacial score (nSPS) is 16.0. The van der Waals surface area contributed by atoms with Crippen molar-refractivity contribution < 1.29 is 19.0 Å². The Morgan fingerprint density at radius 2 is 1.92 bits per heavy atom. The van der Waals surface area contributed by atoms with Gasteiger partial charge >= 0.3 is 5.97 Å². The van der Waals surface area contributed by atoms with Gasteiger partial charge in [-0.15, -0.1) is 0 Å². The minimum atomic E-state index is -0.461. The van der Waals surface area contributed by atoms with Crippen LogP contribution in [-0.2, 0) is 4.74 Å². The summed E-state index contributed by atoms with van der Waals surface area (Å²) < 4.78 is 16.1. The van der Waals surface area contributed by atoms with E-state index in [1.54, 1.807) is 19.1 Å². The number of nitrogen functional groups attached to an aromatic ring is 1. The fraction of sp³-hybridized carbons (Fsp3) is 0.588. The van der Waals surface area contributed by atoms with E-state index in [-0.39, 0.29) is 0 Å². The van der Waals surface area contributed by atoms with E-state index in [2.05, 4.69) is 16.8 Å². The van der Waals surface area contributed by atoms with Crippen LogP contribution in [0.15, 0.2) is 12.1 Å². The number of nitrogens with two attached hydrogens (primary N) is 1. The highest BCUT2D eigenvalue weighted by Gasteiger charge is 2.17. The molecule has 1 saturated heterocycles. The molecule has 1 fully saturated rings. The van der Waals surface area contributed by atoms with Crippen molar-refractivity contribution in [2.45, 2.75) is 6.92 Å². The molecule has 0 amide bonds. The number of hydrogen-bond donors (Lipinski definition) is 1. The summed E-state index contributed by atoms with van der Waals surface area (Å²) in [5.74, 6) is 0.556. The zero-order valence-corrected chi connectivity index (χ0v) is 14.7. The largest absolute Gasteiger partial charge is 0.493 e. The first-order valence-corrected chi connectivity index (χ1v) is 8.23. The third kappa shape index (κ3) is 4.75. The molecule has 7 heteroatoms. The summed E-state index contributed by atoms with van der Waals surface area (Å²) in [6.07, 6.45) is 0. The first-order valence-electron chi connectivity index (χ1n) is 8.23. The molecule has 2 N–H and O–H groups in total. The average molecular weight is 337 g/mol. The van der Waals surface area contributed by atoms with Gasteiger partial charge in [-0.3, -0.25) is 4.90 Å². The van der Waals surface area contributed by atoms with Gasteiger partial charge in [0.05, 0.1) is 25.0 Å². The zero-order chi connectivity index (χ0) is 17.5. The van der Waals surface area contributed by atoms with Gasteiger partial charge in [0.25, 0.3) is 0 Å². The quantitative estimate of drug-likeness (QED) is 0.589. The molecule has 1 aliphatic rings. The summed E-state index contributed by atoms with van der Waals surface area (Å²) in [4.78, 5) is 16.6. The van der Waals surface area contributed by atoms with Crippen LogP contribution in [0.3, 0.4) is 0 Å². The van der Waals surface area contributed by atoms with Crippen LogP contribution in [0.1, 0.15) is 17.3 Å². The third-order valence-corrected chi connectivity index (χ3v) is 4.09. The fourth-order valence-corrected chi connectivity index (χ4v) is 2.59. The van der Waals surface area contributed by atoms with Crippen LogP contribution in [0.5, 0.6) is 11.5 Å². The lowest BCUT2D eigenvalue weighted by molar-refractivity contribution is 0.0527. The number of carbonyl (C=O) groups excluding carboxylic acids is 1. The van der Waals surface area contributed by atoms with Crippen molar-refractivity contribution in [2.75, 3.05) is 65.8 Å². The second-order valence-corrected chi connectivity index (χ2v) is 5.80. The summed E-state index contributed by atoms with van der Waals surface area (Å²) in [5, 5.41) is 0. The lowest BCUT2D eigenvalue weighted by atomic mass is 10.1. The van der Waals surface area contributed by atoms with Gasteiger partial charge in [-0.25, -0.2) is 4.79 Å². The van der Waals surface area contributed by atoms with Gasteiger partial charge < -0.3 is 24.8 Å². The smallest absolute Gasteiger partial charge is 0.340 e. The predicted molar refractivity (Wildman–Crippen MR) is 92.8 cm³/mol. The molecule has 1 heterocycles. The number of methoxy groups -OCH3 is 1. The average Bonchev–Trinajstić information content (AvgIpc) is 2.57. The molecule has 2 rings (SSSR count). The lowest BCUT2D eigenvalue weighted by Gasteiger charge is -2.32. The minimum Gasteiger partial charge on any atom is -0.493 e.